The van der Waals surface area contributed by atoms with E-state index in [9.17, 15) is 4.79 Å². The van der Waals surface area contributed by atoms with Crippen LogP contribution >= 0.6 is 22.6 Å². The van der Waals surface area contributed by atoms with Gasteiger partial charge in [0.05, 0.1) is 0 Å². The molecule has 5 heteroatoms. The fourth-order valence-electron chi connectivity index (χ4n) is 3.56. The Kier molecular flexibility index (Phi) is 6.46. The molecule has 29 heavy (non-hydrogen) atoms. The van der Waals surface area contributed by atoms with Crippen LogP contribution in [0.4, 0.5) is 11.4 Å². The van der Waals surface area contributed by atoms with E-state index in [1.54, 1.807) is 0 Å². The van der Waals surface area contributed by atoms with Gasteiger partial charge in [-0.2, -0.15) is 0 Å². The van der Waals surface area contributed by atoms with Crippen LogP contribution in [0.15, 0.2) is 78.9 Å². The molecule has 0 aromatic heterocycles. The first kappa shape index (κ1) is 19.9. The van der Waals surface area contributed by atoms with Gasteiger partial charge in [-0.15, -0.1) is 0 Å². The standard InChI is InChI=1S/C24H24IN3O/c25-21-10-12-22(13-11-21)26-24(29)20-8-6-19(7-9-20)18-27-14-16-28(17-15-27)23-4-2-1-3-5-23/h1-13H,14-18H2,(H,26,29). The summed E-state index contributed by atoms with van der Waals surface area (Å²) in [5, 5.41) is 2.95. The first-order valence-corrected chi connectivity index (χ1v) is 10.9. The highest BCUT2D eigenvalue weighted by molar-refractivity contribution is 14.1. The molecule has 1 heterocycles. The number of hydrogen-bond donors (Lipinski definition) is 1. The number of nitrogens with zero attached hydrogens (tertiary/aromatic N) is 2. The first-order chi connectivity index (χ1) is 14.2. The molecule has 0 unspecified atom stereocenters. The largest absolute Gasteiger partial charge is 0.369 e. The summed E-state index contributed by atoms with van der Waals surface area (Å²) in [6.45, 7) is 5.09. The molecule has 0 aliphatic carbocycles. The Balaban J connectivity index is 1.29. The summed E-state index contributed by atoms with van der Waals surface area (Å²) in [5.74, 6) is -0.0748. The molecular formula is C24H24IN3O. The number of benzene rings is 3. The third-order valence-electron chi connectivity index (χ3n) is 5.22. The van der Waals surface area contributed by atoms with E-state index in [1.165, 1.54) is 11.3 Å². The summed E-state index contributed by atoms with van der Waals surface area (Å²) < 4.78 is 1.15. The predicted octanol–water partition coefficient (Wildman–Crippen LogP) is 4.87. The molecule has 1 fully saturated rings. The van der Waals surface area contributed by atoms with E-state index in [0.717, 1.165) is 42.0 Å². The molecule has 1 saturated heterocycles. The highest BCUT2D eigenvalue weighted by atomic mass is 127. The average Bonchev–Trinajstić information content (AvgIpc) is 2.77. The molecule has 1 aliphatic rings. The third-order valence-corrected chi connectivity index (χ3v) is 5.94. The zero-order valence-electron chi connectivity index (χ0n) is 16.2. The van der Waals surface area contributed by atoms with E-state index in [1.807, 2.05) is 36.4 Å². The number of carbonyl (C=O) groups excluding carboxylic acids is 1. The normalized spacial score (nSPS) is 14.6. The van der Waals surface area contributed by atoms with Crippen molar-refractivity contribution in [3.05, 3.63) is 93.6 Å². The van der Waals surface area contributed by atoms with E-state index >= 15 is 0 Å². The van der Waals surface area contributed by atoms with Crippen LogP contribution in [-0.2, 0) is 6.54 Å². The summed E-state index contributed by atoms with van der Waals surface area (Å²) in [6.07, 6.45) is 0. The van der Waals surface area contributed by atoms with Crippen LogP contribution in [-0.4, -0.2) is 37.0 Å². The van der Waals surface area contributed by atoms with Crippen molar-refractivity contribution in [1.82, 2.24) is 4.90 Å². The predicted molar refractivity (Wildman–Crippen MR) is 127 cm³/mol. The van der Waals surface area contributed by atoms with Gasteiger partial charge in [0.1, 0.15) is 0 Å². The lowest BCUT2D eigenvalue weighted by Crippen LogP contribution is -2.45. The van der Waals surface area contributed by atoms with Gasteiger partial charge in [-0.1, -0.05) is 30.3 Å². The molecule has 0 spiro atoms. The summed E-state index contributed by atoms with van der Waals surface area (Å²) >= 11 is 2.25. The van der Waals surface area contributed by atoms with E-state index in [0.29, 0.717) is 5.56 Å². The second-order valence-corrected chi connectivity index (χ2v) is 8.50. The molecule has 1 aliphatic heterocycles. The SMILES string of the molecule is O=C(Nc1ccc(I)cc1)c1ccc(CN2CCN(c3ccccc3)CC2)cc1. The van der Waals surface area contributed by atoms with Gasteiger partial charge < -0.3 is 10.2 Å². The van der Waals surface area contributed by atoms with Crippen LogP contribution in [0, 0.1) is 3.57 Å². The van der Waals surface area contributed by atoms with Gasteiger partial charge in [0.15, 0.2) is 0 Å². The van der Waals surface area contributed by atoms with Gasteiger partial charge in [-0.25, -0.2) is 0 Å². The van der Waals surface area contributed by atoms with Crippen molar-refractivity contribution >= 4 is 39.9 Å². The van der Waals surface area contributed by atoms with Crippen LogP contribution in [0.25, 0.3) is 0 Å². The highest BCUT2D eigenvalue weighted by Crippen LogP contribution is 2.17. The average molecular weight is 497 g/mol. The Bertz CT molecular complexity index is 934. The highest BCUT2D eigenvalue weighted by Gasteiger charge is 2.17. The van der Waals surface area contributed by atoms with Gasteiger partial charge >= 0.3 is 0 Å². The third kappa shape index (κ3) is 5.36. The minimum Gasteiger partial charge on any atom is -0.369 e. The molecule has 1 amide bonds. The zero-order valence-corrected chi connectivity index (χ0v) is 18.4. The minimum absolute atomic E-state index is 0.0748. The lowest BCUT2D eigenvalue weighted by atomic mass is 10.1. The van der Waals surface area contributed by atoms with Crippen molar-refractivity contribution in [3.8, 4) is 0 Å². The number of amides is 1. The summed E-state index contributed by atoms with van der Waals surface area (Å²) in [7, 11) is 0. The van der Waals surface area contributed by atoms with Crippen molar-refractivity contribution in [2.75, 3.05) is 36.4 Å². The summed E-state index contributed by atoms with van der Waals surface area (Å²) in [6, 6.07) is 26.4. The second kappa shape index (κ2) is 9.41. The van der Waals surface area contributed by atoms with Crippen LogP contribution in [0.2, 0.25) is 0 Å². The number of halogens is 1. The molecule has 4 nitrogen and oxygen atoms in total. The van der Waals surface area contributed by atoms with Crippen LogP contribution < -0.4 is 10.2 Å². The molecule has 0 atom stereocenters. The number of para-hydroxylation sites is 1. The topological polar surface area (TPSA) is 35.6 Å². The maximum absolute atomic E-state index is 12.4. The fraction of sp³-hybridized carbons (Fsp3) is 0.208. The van der Waals surface area contributed by atoms with E-state index < -0.39 is 0 Å². The molecule has 3 aromatic carbocycles. The Morgan fingerprint density at radius 2 is 1.48 bits per heavy atom. The van der Waals surface area contributed by atoms with Gasteiger partial charge in [0.2, 0.25) is 0 Å². The monoisotopic (exact) mass is 497 g/mol. The quantitative estimate of drug-likeness (QED) is 0.512. The molecule has 1 N–H and O–H groups in total. The Hall–Kier alpha value is -2.38. The minimum atomic E-state index is -0.0748. The number of rotatable bonds is 5. The van der Waals surface area contributed by atoms with Crippen molar-refractivity contribution in [1.29, 1.82) is 0 Å². The molecule has 0 radical (unpaired) electrons. The lowest BCUT2D eigenvalue weighted by Gasteiger charge is -2.36. The number of hydrogen-bond acceptors (Lipinski definition) is 3. The summed E-state index contributed by atoms with van der Waals surface area (Å²) in [5.41, 5.74) is 4.04. The summed E-state index contributed by atoms with van der Waals surface area (Å²) in [4.78, 5) is 17.4. The number of anilines is 2. The van der Waals surface area contributed by atoms with Crippen LogP contribution in [0.5, 0.6) is 0 Å². The van der Waals surface area contributed by atoms with Crippen molar-refractivity contribution < 1.29 is 4.79 Å². The maximum Gasteiger partial charge on any atom is 0.255 e. The molecule has 3 aromatic rings. The molecule has 0 bridgehead atoms. The second-order valence-electron chi connectivity index (χ2n) is 7.26. The smallest absolute Gasteiger partial charge is 0.255 e. The van der Waals surface area contributed by atoms with Gasteiger partial charge in [0, 0.05) is 53.2 Å². The fourth-order valence-corrected chi connectivity index (χ4v) is 3.92. The van der Waals surface area contributed by atoms with Crippen molar-refractivity contribution in [2.24, 2.45) is 0 Å². The van der Waals surface area contributed by atoms with Crippen LogP contribution in [0.3, 0.4) is 0 Å². The van der Waals surface area contributed by atoms with E-state index in [4.69, 9.17) is 0 Å². The van der Waals surface area contributed by atoms with Gasteiger partial charge in [-0.3, -0.25) is 9.69 Å². The van der Waals surface area contributed by atoms with E-state index in [-0.39, 0.29) is 5.91 Å². The lowest BCUT2D eigenvalue weighted by molar-refractivity contribution is 0.102. The molecule has 4 rings (SSSR count). The molecular weight excluding hydrogens is 473 g/mol. The Labute approximate surface area is 185 Å². The van der Waals surface area contributed by atoms with Crippen LogP contribution in [0.1, 0.15) is 15.9 Å². The number of nitrogens with one attached hydrogen (secondary N) is 1. The zero-order chi connectivity index (χ0) is 20.1. The van der Waals surface area contributed by atoms with Gasteiger partial charge in [0.25, 0.3) is 5.91 Å². The number of piperazine rings is 1. The molecule has 0 saturated carbocycles. The van der Waals surface area contributed by atoms with Crippen molar-refractivity contribution in [3.63, 3.8) is 0 Å². The van der Waals surface area contributed by atoms with Crippen molar-refractivity contribution in [2.45, 2.75) is 6.54 Å². The van der Waals surface area contributed by atoms with E-state index in [2.05, 4.69) is 80.2 Å². The first-order valence-electron chi connectivity index (χ1n) is 9.85. The molecule has 148 valence electrons. The number of carbonyl (C=O) groups is 1. The Morgan fingerprint density at radius 1 is 0.828 bits per heavy atom. The van der Waals surface area contributed by atoms with Gasteiger partial charge in [-0.05, 0) is 76.7 Å². The Morgan fingerprint density at radius 3 is 2.14 bits per heavy atom. The maximum atomic E-state index is 12.4.